The maximum absolute atomic E-state index is 12.7. The van der Waals surface area contributed by atoms with Gasteiger partial charge in [0.05, 0.1) is 29.6 Å². The maximum atomic E-state index is 12.7. The molecule has 0 bridgehead atoms. The van der Waals surface area contributed by atoms with Crippen molar-refractivity contribution < 1.29 is 32.2 Å². The number of hydrogen-bond donors (Lipinski definition) is 1. The lowest BCUT2D eigenvalue weighted by molar-refractivity contribution is -0.274. The molecule has 3 aromatic carbocycles. The van der Waals surface area contributed by atoms with Crippen molar-refractivity contribution in [1.29, 1.82) is 0 Å². The quantitative estimate of drug-likeness (QED) is 0.157. The second-order valence-corrected chi connectivity index (χ2v) is 11.5. The SMILES string of the molecule is C=C(C)NC(C)(c1ccc(OC(C)(C)C(=O)OCC)c(Cl)c1)c1cc(-c2ccc(OC(F)(F)F)cc2)nn1Cc1ccccc1. The smallest absolute Gasteiger partial charge is 0.475 e. The van der Waals surface area contributed by atoms with Crippen LogP contribution in [0.1, 0.15) is 51.4 Å². The van der Waals surface area contributed by atoms with E-state index in [-0.39, 0.29) is 17.4 Å². The Labute approximate surface area is 265 Å². The van der Waals surface area contributed by atoms with E-state index < -0.39 is 23.5 Å². The maximum Gasteiger partial charge on any atom is 0.573 e. The van der Waals surface area contributed by atoms with E-state index >= 15 is 0 Å². The first-order valence-corrected chi connectivity index (χ1v) is 14.6. The number of esters is 1. The van der Waals surface area contributed by atoms with Crippen molar-refractivity contribution in [1.82, 2.24) is 15.1 Å². The molecule has 238 valence electrons. The second-order valence-electron chi connectivity index (χ2n) is 11.1. The second kappa shape index (κ2) is 13.3. The summed E-state index contributed by atoms with van der Waals surface area (Å²) < 4.78 is 55.2. The van der Waals surface area contributed by atoms with Gasteiger partial charge in [0, 0.05) is 11.3 Å². The molecule has 1 unspecified atom stereocenters. The van der Waals surface area contributed by atoms with Gasteiger partial charge in [-0.2, -0.15) is 5.10 Å². The Kier molecular flexibility index (Phi) is 9.87. The van der Waals surface area contributed by atoms with Crippen molar-refractivity contribution in [2.24, 2.45) is 0 Å². The van der Waals surface area contributed by atoms with Crippen LogP contribution >= 0.6 is 11.6 Å². The molecular weight excluding hydrogens is 607 g/mol. The number of aromatic nitrogens is 2. The highest BCUT2D eigenvalue weighted by atomic mass is 35.5. The highest BCUT2D eigenvalue weighted by Gasteiger charge is 2.36. The Morgan fingerprint density at radius 2 is 1.64 bits per heavy atom. The van der Waals surface area contributed by atoms with Crippen LogP contribution in [0.2, 0.25) is 5.02 Å². The van der Waals surface area contributed by atoms with Crippen LogP contribution in [0.25, 0.3) is 11.3 Å². The molecule has 0 aliphatic heterocycles. The molecular formula is C34H35ClF3N3O4. The van der Waals surface area contributed by atoms with E-state index in [0.29, 0.717) is 29.2 Å². The van der Waals surface area contributed by atoms with Gasteiger partial charge in [-0.25, -0.2) is 4.79 Å². The van der Waals surface area contributed by atoms with Gasteiger partial charge in [0.15, 0.2) is 5.60 Å². The number of alkyl halides is 3. The summed E-state index contributed by atoms with van der Waals surface area (Å²) in [5.74, 6) is -0.544. The Bertz CT molecular complexity index is 1650. The zero-order valence-electron chi connectivity index (χ0n) is 25.7. The van der Waals surface area contributed by atoms with Gasteiger partial charge in [-0.1, -0.05) is 54.6 Å². The van der Waals surface area contributed by atoms with Crippen molar-refractivity contribution in [3.8, 4) is 22.8 Å². The number of nitrogens with one attached hydrogen (secondary N) is 1. The van der Waals surface area contributed by atoms with Gasteiger partial charge in [0.2, 0.25) is 0 Å². The molecule has 1 heterocycles. The van der Waals surface area contributed by atoms with Crippen molar-refractivity contribution in [2.75, 3.05) is 6.61 Å². The molecule has 11 heteroatoms. The molecule has 1 aromatic heterocycles. The molecule has 4 rings (SSSR count). The number of carbonyl (C=O) groups is 1. The van der Waals surface area contributed by atoms with E-state index in [1.807, 2.05) is 61.0 Å². The fraction of sp³-hybridized carbons (Fsp3) is 0.294. The van der Waals surface area contributed by atoms with Crippen molar-refractivity contribution >= 4 is 17.6 Å². The van der Waals surface area contributed by atoms with Crippen LogP contribution in [-0.2, 0) is 21.6 Å². The minimum absolute atomic E-state index is 0.216. The molecule has 0 saturated heterocycles. The predicted molar refractivity (Wildman–Crippen MR) is 167 cm³/mol. The van der Waals surface area contributed by atoms with Crippen LogP contribution in [0, 0.1) is 0 Å². The summed E-state index contributed by atoms with van der Waals surface area (Å²) in [5, 5.41) is 8.62. The minimum Gasteiger partial charge on any atom is -0.475 e. The lowest BCUT2D eigenvalue weighted by Gasteiger charge is -2.34. The summed E-state index contributed by atoms with van der Waals surface area (Å²) in [4.78, 5) is 12.4. The zero-order chi connectivity index (χ0) is 33.0. The number of hydrogen-bond acceptors (Lipinski definition) is 6. The van der Waals surface area contributed by atoms with Crippen LogP contribution in [-0.4, -0.2) is 34.3 Å². The highest BCUT2D eigenvalue weighted by molar-refractivity contribution is 6.32. The normalized spacial score (nSPS) is 13.1. The molecule has 1 N–H and O–H groups in total. The molecule has 0 amide bonds. The monoisotopic (exact) mass is 641 g/mol. The third-order valence-corrected chi connectivity index (χ3v) is 7.25. The zero-order valence-corrected chi connectivity index (χ0v) is 26.4. The fourth-order valence-corrected chi connectivity index (χ4v) is 5.11. The van der Waals surface area contributed by atoms with Crippen LogP contribution in [0.3, 0.4) is 0 Å². The van der Waals surface area contributed by atoms with Crippen molar-refractivity contribution in [3.05, 3.63) is 113 Å². The number of ether oxygens (including phenoxy) is 3. The minimum atomic E-state index is -4.79. The van der Waals surface area contributed by atoms with E-state index in [9.17, 15) is 18.0 Å². The van der Waals surface area contributed by atoms with Gasteiger partial charge >= 0.3 is 12.3 Å². The number of carbonyl (C=O) groups excluding carboxylic acids is 1. The standard InChI is InChI=1S/C34H35ClF3N3O4/c1-7-43-31(42)32(4,5)45-29-18-15-25(19-27(29)35)33(6,39-22(2)3)30-20-28(40-41(30)21-23-11-9-8-10-12-23)24-13-16-26(17-14-24)44-34(36,37)38/h8-20,39H,2,7,21H2,1,3-6H3. The molecule has 0 saturated carbocycles. The van der Waals surface area contributed by atoms with Gasteiger partial charge in [0.25, 0.3) is 0 Å². The van der Waals surface area contributed by atoms with Gasteiger partial charge < -0.3 is 19.5 Å². The van der Waals surface area contributed by atoms with Crippen LogP contribution in [0.4, 0.5) is 13.2 Å². The molecule has 45 heavy (non-hydrogen) atoms. The van der Waals surface area contributed by atoms with Crippen LogP contribution in [0.5, 0.6) is 11.5 Å². The Balaban J connectivity index is 1.80. The molecule has 0 radical (unpaired) electrons. The average Bonchev–Trinajstić information content (AvgIpc) is 3.38. The number of allylic oxidation sites excluding steroid dienone is 1. The molecule has 7 nitrogen and oxygen atoms in total. The molecule has 4 aromatic rings. The van der Waals surface area contributed by atoms with E-state index in [2.05, 4.69) is 16.6 Å². The third-order valence-electron chi connectivity index (χ3n) is 6.96. The van der Waals surface area contributed by atoms with Gasteiger partial charge in [-0.3, -0.25) is 4.68 Å². The Hall–Kier alpha value is -4.44. The average molecular weight is 642 g/mol. The highest BCUT2D eigenvalue weighted by Crippen LogP contribution is 2.38. The van der Waals surface area contributed by atoms with Crippen molar-refractivity contribution in [3.63, 3.8) is 0 Å². The summed E-state index contributed by atoms with van der Waals surface area (Å²) in [6, 6.07) is 22.4. The lowest BCUT2D eigenvalue weighted by atomic mass is 9.87. The number of rotatable bonds is 12. The molecule has 0 fully saturated rings. The first-order chi connectivity index (χ1) is 21.1. The van der Waals surface area contributed by atoms with Crippen molar-refractivity contribution in [2.45, 2.75) is 58.7 Å². The Morgan fingerprint density at radius 3 is 2.22 bits per heavy atom. The molecule has 0 aliphatic carbocycles. The predicted octanol–water partition coefficient (Wildman–Crippen LogP) is 8.26. The summed E-state index contributed by atoms with van der Waals surface area (Å²) in [6.07, 6.45) is -4.79. The van der Waals surface area contributed by atoms with E-state index in [1.165, 1.54) is 24.3 Å². The van der Waals surface area contributed by atoms with Gasteiger partial charge in [-0.05, 0) is 88.2 Å². The van der Waals surface area contributed by atoms with E-state index in [4.69, 9.17) is 26.2 Å². The summed E-state index contributed by atoms with van der Waals surface area (Å²) in [6.45, 7) is 13.4. The van der Waals surface area contributed by atoms with Crippen LogP contribution < -0.4 is 14.8 Å². The van der Waals surface area contributed by atoms with Gasteiger partial charge in [0.1, 0.15) is 17.0 Å². The molecule has 0 spiro atoms. The van der Waals surface area contributed by atoms with Gasteiger partial charge in [-0.15, -0.1) is 13.2 Å². The molecule has 1 atom stereocenters. The number of benzene rings is 3. The first kappa shape index (κ1) is 33.5. The van der Waals surface area contributed by atoms with Crippen LogP contribution in [0.15, 0.2) is 91.1 Å². The Morgan fingerprint density at radius 1 is 0.978 bits per heavy atom. The topological polar surface area (TPSA) is 74.6 Å². The summed E-state index contributed by atoms with van der Waals surface area (Å²) in [5.41, 5.74) is 2.05. The summed E-state index contributed by atoms with van der Waals surface area (Å²) in [7, 11) is 0. The fourth-order valence-electron chi connectivity index (χ4n) is 4.89. The number of nitrogens with zero attached hydrogens (tertiary/aromatic N) is 2. The van der Waals surface area contributed by atoms with E-state index in [1.54, 1.807) is 32.9 Å². The first-order valence-electron chi connectivity index (χ1n) is 14.2. The largest absolute Gasteiger partial charge is 0.573 e. The molecule has 0 aliphatic rings. The summed E-state index contributed by atoms with van der Waals surface area (Å²) >= 11 is 6.74. The third kappa shape index (κ3) is 8.19. The number of halogens is 4. The lowest BCUT2D eigenvalue weighted by Crippen LogP contribution is -2.41. The van der Waals surface area contributed by atoms with E-state index in [0.717, 1.165) is 16.8 Å².